The molecular weight excluding hydrogens is 312 g/mol. The largest absolute Gasteiger partial charge is 0.455 e. The molecule has 3 aromatic rings. The van der Waals surface area contributed by atoms with Crippen molar-refractivity contribution in [3.05, 3.63) is 46.4 Å². The molecule has 1 nitrogen and oxygen atoms in total. The Labute approximate surface area is 127 Å². The first-order chi connectivity index (χ1) is 9.84. The number of fused-ring (bicyclic) bond motifs is 3. The third kappa shape index (κ3) is 1.89. The van der Waals surface area contributed by atoms with E-state index in [9.17, 15) is 0 Å². The van der Waals surface area contributed by atoms with Crippen molar-refractivity contribution in [2.24, 2.45) is 0 Å². The summed E-state index contributed by atoms with van der Waals surface area (Å²) in [6.45, 7) is 0. The standard InChI is InChI=1S/C18H17BrO/c19-15-11-10-13(12-6-2-1-3-7-12)17-14-8-4-5-9-16(14)20-18(15)17/h4-5,8-12H,1-3,6-7H2. The summed E-state index contributed by atoms with van der Waals surface area (Å²) in [5.41, 5.74) is 3.48. The normalized spacial score (nSPS) is 17.1. The number of benzene rings is 2. The molecule has 0 unspecified atom stereocenters. The van der Waals surface area contributed by atoms with Crippen LogP contribution in [0.3, 0.4) is 0 Å². The number of hydrogen-bond acceptors (Lipinski definition) is 1. The molecule has 0 spiro atoms. The van der Waals surface area contributed by atoms with Crippen molar-refractivity contribution < 1.29 is 4.42 Å². The first kappa shape index (κ1) is 12.5. The van der Waals surface area contributed by atoms with E-state index in [4.69, 9.17) is 4.42 Å². The van der Waals surface area contributed by atoms with Gasteiger partial charge in [-0.3, -0.25) is 0 Å². The molecule has 0 radical (unpaired) electrons. The Morgan fingerprint density at radius 1 is 0.950 bits per heavy atom. The highest BCUT2D eigenvalue weighted by Gasteiger charge is 2.21. The molecule has 1 aliphatic rings. The van der Waals surface area contributed by atoms with Gasteiger partial charge in [-0.25, -0.2) is 0 Å². The van der Waals surface area contributed by atoms with Crippen LogP contribution in [0.15, 0.2) is 45.3 Å². The first-order valence-corrected chi connectivity index (χ1v) is 8.23. The molecule has 1 aliphatic carbocycles. The van der Waals surface area contributed by atoms with Crippen LogP contribution in [0.25, 0.3) is 21.9 Å². The lowest BCUT2D eigenvalue weighted by Gasteiger charge is -2.22. The van der Waals surface area contributed by atoms with Gasteiger partial charge in [0.05, 0.1) is 4.47 Å². The lowest BCUT2D eigenvalue weighted by atomic mass is 9.82. The summed E-state index contributed by atoms with van der Waals surface area (Å²) in [4.78, 5) is 0. The van der Waals surface area contributed by atoms with Gasteiger partial charge in [0.15, 0.2) is 0 Å². The van der Waals surface area contributed by atoms with E-state index in [-0.39, 0.29) is 0 Å². The van der Waals surface area contributed by atoms with Crippen molar-refractivity contribution in [1.82, 2.24) is 0 Å². The molecule has 0 atom stereocenters. The SMILES string of the molecule is Brc1ccc(C2CCCCC2)c2c1oc1ccccc12. The molecule has 102 valence electrons. The van der Waals surface area contributed by atoms with Crippen molar-refractivity contribution in [3.63, 3.8) is 0 Å². The van der Waals surface area contributed by atoms with Crippen LogP contribution in [0.5, 0.6) is 0 Å². The number of para-hydroxylation sites is 1. The van der Waals surface area contributed by atoms with Gasteiger partial charge in [0.2, 0.25) is 0 Å². The summed E-state index contributed by atoms with van der Waals surface area (Å²) in [7, 11) is 0. The Balaban J connectivity index is 2.02. The van der Waals surface area contributed by atoms with E-state index in [1.54, 1.807) is 0 Å². The fourth-order valence-corrected chi connectivity index (χ4v) is 3.99. The predicted molar refractivity (Wildman–Crippen MR) is 87.2 cm³/mol. The molecule has 0 aliphatic heterocycles. The fraction of sp³-hybridized carbons (Fsp3) is 0.333. The van der Waals surface area contributed by atoms with Crippen LogP contribution in [0, 0.1) is 0 Å². The minimum absolute atomic E-state index is 0.695. The monoisotopic (exact) mass is 328 g/mol. The fourth-order valence-electron chi connectivity index (χ4n) is 3.58. The lowest BCUT2D eigenvalue weighted by molar-refractivity contribution is 0.445. The van der Waals surface area contributed by atoms with Crippen LogP contribution < -0.4 is 0 Å². The van der Waals surface area contributed by atoms with E-state index in [0.717, 1.165) is 15.6 Å². The maximum absolute atomic E-state index is 6.07. The van der Waals surface area contributed by atoms with Crippen molar-refractivity contribution in [2.75, 3.05) is 0 Å². The van der Waals surface area contributed by atoms with Gasteiger partial charge in [0.25, 0.3) is 0 Å². The predicted octanol–water partition coefficient (Wildman–Crippen LogP) is 6.40. The topological polar surface area (TPSA) is 13.1 Å². The quantitative estimate of drug-likeness (QED) is 0.504. The Bertz CT molecular complexity index is 766. The van der Waals surface area contributed by atoms with Gasteiger partial charge >= 0.3 is 0 Å². The summed E-state index contributed by atoms with van der Waals surface area (Å²) < 4.78 is 7.13. The zero-order valence-electron chi connectivity index (χ0n) is 11.4. The van der Waals surface area contributed by atoms with Crippen LogP contribution in [-0.4, -0.2) is 0 Å². The van der Waals surface area contributed by atoms with Crippen molar-refractivity contribution in [2.45, 2.75) is 38.0 Å². The molecule has 1 aromatic heterocycles. The average molecular weight is 329 g/mol. The van der Waals surface area contributed by atoms with Gasteiger partial charge in [-0.2, -0.15) is 0 Å². The molecule has 4 rings (SSSR count). The molecule has 20 heavy (non-hydrogen) atoms. The summed E-state index contributed by atoms with van der Waals surface area (Å²) >= 11 is 3.64. The van der Waals surface area contributed by atoms with Gasteiger partial charge in [0.1, 0.15) is 11.2 Å². The summed E-state index contributed by atoms with van der Waals surface area (Å²) in [5, 5.41) is 2.58. The minimum atomic E-state index is 0.695. The Morgan fingerprint density at radius 3 is 2.60 bits per heavy atom. The number of furan rings is 1. The van der Waals surface area contributed by atoms with Gasteiger partial charge in [-0.1, -0.05) is 43.5 Å². The van der Waals surface area contributed by atoms with Crippen LogP contribution in [-0.2, 0) is 0 Å². The second-order valence-corrected chi connectivity index (χ2v) is 6.63. The van der Waals surface area contributed by atoms with E-state index in [1.165, 1.54) is 48.4 Å². The number of halogens is 1. The van der Waals surface area contributed by atoms with Gasteiger partial charge < -0.3 is 4.42 Å². The summed E-state index contributed by atoms with van der Waals surface area (Å²) in [6, 6.07) is 12.8. The molecular formula is C18H17BrO. The minimum Gasteiger partial charge on any atom is -0.455 e. The highest BCUT2D eigenvalue weighted by Crippen LogP contribution is 2.42. The molecule has 2 aromatic carbocycles. The van der Waals surface area contributed by atoms with Crippen molar-refractivity contribution in [3.8, 4) is 0 Å². The van der Waals surface area contributed by atoms with Crippen LogP contribution in [0.1, 0.15) is 43.6 Å². The third-order valence-electron chi connectivity index (χ3n) is 4.56. The van der Waals surface area contributed by atoms with Crippen LogP contribution >= 0.6 is 15.9 Å². The van der Waals surface area contributed by atoms with Crippen LogP contribution in [0.4, 0.5) is 0 Å². The summed E-state index contributed by atoms with van der Waals surface area (Å²) in [6.07, 6.45) is 6.74. The molecule has 1 heterocycles. The zero-order valence-corrected chi connectivity index (χ0v) is 12.9. The van der Waals surface area contributed by atoms with Gasteiger partial charge in [-0.05, 0) is 52.4 Å². The molecule has 0 bridgehead atoms. The molecule has 1 fully saturated rings. The zero-order chi connectivity index (χ0) is 13.5. The molecule has 2 heteroatoms. The molecule has 0 amide bonds. The second-order valence-electron chi connectivity index (χ2n) is 5.77. The van der Waals surface area contributed by atoms with E-state index >= 15 is 0 Å². The van der Waals surface area contributed by atoms with Crippen molar-refractivity contribution in [1.29, 1.82) is 0 Å². The Kier molecular flexibility index (Phi) is 3.07. The summed E-state index contributed by atoms with van der Waals surface area (Å²) in [5.74, 6) is 0.695. The lowest BCUT2D eigenvalue weighted by Crippen LogP contribution is -2.04. The maximum Gasteiger partial charge on any atom is 0.149 e. The van der Waals surface area contributed by atoms with E-state index in [0.29, 0.717) is 5.92 Å². The third-order valence-corrected chi connectivity index (χ3v) is 5.18. The highest BCUT2D eigenvalue weighted by molar-refractivity contribution is 9.10. The average Bonchev–Trinajstić information content (AvgIpc) is 2.89. The van der Waals surface area contributed by atoms with E-state index < -0.39 is 0 Å². The maximum atomic E-state index is 6.07. The van der Waals surface area contributed by atoms with Crippen LogP contribution in [0.2, 0.25) is 0 Å². The van der Waals surface area contributed by atoms with Crippen molar-refractivity contribution >= 4 is 37.9 Å². The van der Waals surface area contributed by atoms with Gasteiger partial charge in [0, 0.05) is 10.8 Å². The number of rotatable bonds is 1. The first-order valence-electron chi connectivity index (χ1n) is 7.44. The highest BCUT2D eigenvalue weighted by atomic mass is 79.9. The Hall–Kier alpha value is -1.28. The van der Waals surface area contributed by atoms with Gasteiger partial charge in [-0.15, -0.1) is 0 Å². The second kappa shape index (κ2) is 4.92. The number of hydrogen-bond donors (Lipinski definition) is 0. The van der Waals surface area contributed by atoms with E-state index in [1.807, 2.05) is 6.07 Å². The molecule has 1 saturated carbocycles. The Morgan fingerprint density at radius 2 is 1.75 bits per heavy atom. The molecule has 0 N–H and O–H groups in total. The van der Waals surface area contributed by atoms with E-state index in [2.05, 4.69) is 46.3 Å². The smallest absolute Gasteiger partial charge is 0.149 e. The molecule has 0 saturated heterocycles.